The molecule has 2 aromatic carbocycles. The molecule has 1 aliphatic rings. The first-order valence-corrected chi connectivity index (χ1v) is 8.77. The van der Waals surface area contributed by atoms with E-state index in [9.17, 15) is 14.0 Å². The SMILES string of the molecule is CC(Oc1cccc(/C=C2/SC(=Nc3ccc(F)cc3)NC2=O)c1)C(=O)O. The molecule has 0 aromatic heterocycles. The summed E-state index contributed by atoms with van der Waals surface area (Å²) in [6.45, 7) is 1.44. The highest BCUT2D eigenvalue weighted by atomic mass is 32.2. The highest BCUT2D eigenvalue weighted by Gasteiger charge is 2.24. The third kappa shape index (κ3) is 4.95. The lowest BCUT2D eigenvalue weighted by Gasteiger charge is -2.10. The van der Waals surface area contributed by atoms with E-state index in [2.05, 4.69) is 10.3 Å². The Labute approximate surface area is 158 Å². The Bertz CT molecular complexity index is 941. The number of amidine groups is 1. The van der Waals surface area contributed by atoms with Crippen molar-refractivity contribution >= 4 is 40.6 Å². The minimum absolute atomic E-state index is 0.300. The number of halogens is 1. The van der Waals surface area contributed by atoms with Gasteiger partial charge in [-0.3, -0.25) is 4.79 Å². The Kier molecular flexibility index (Phi) is 5.56. The molecule has 27 heavy (non-hydrogen) atoms. The number of ether oxygens (including phenoxy) is 1. The maximum absolute atomic E-state index is 12.9. The summed E-state index contributed by atoms with van der Waals surface area (Å²) in [4.78, 5) is 27.7. The van der Waals surface area contributed by atoms with E-state index in [0.29, 0.717) is 27.1 Å². The lowest BCUT2D eigenvalue weighted by Crippen LogP contribution is -2.22. The van der Waals surface area contributed by atoms with Gasteiger partial charge in [0.1, 0.15) is 11.6 Å². The molecule has 1 saturated heterocycles. The van der Waals surface area contributed by atoms with E-state index >= 15 is 0 Å². The van der Waals surface area contributed by atoms with E-state index in [0.717, 1.165) is 11.8 Å². The van der Waals surface area contributed by atoms with Crippen molar-refractivity contribution < 1.29 is 23.8 Å². The number of aliphatic imine (C=N–C) groups is 1. The summed E-state index contributed by atoms with van der Waals surface area (Å²) < 4.78 is 18.3. The van der Waals surface area contributed by atoms with Crippen LogP contribution in [-0.2, 0) is 9.59 Å². The molecule has 0 spiro atoms. The number of carboxylic acid groups (broad SMARTS) is 1. The molecule has 1 aliphatic heterocycles. The van der Waals surface area contributed by atoms with Crippen LogP contribution in [0.3, 0.4) is 0 Å². The lowest BCUT2D eigenvalue weighted by molar-refractivity contribution is -0.144. The summed E-state index contributed by atoms with van der Waals surface area (Å²) >= 11 is 1.16. The van der Waals surface area contributed by atoms with E-state index in [1.54, 1.807) is 30.3 Å². The number of carboxylic acids is 1. The summed E-state index contributed by atoms with van der Waals surface area (Å²) in [5, 5.41) is 12.0. The predicted octanol–water partition coefficient (Wildman–Crippen LogP) is 3.57. The fraction of sp³-hybridized carbons (Fsp3) is 0.105. The predicted molar refractivity (Wildman–Crippen MR) is 101 cm³/mol. The topological polar surface area (TPSA) is 88.0 Å². The van der Waals surface area contributed by atoms with Gasteiger partial charge in [0, 0.05) is 0 Å². The highest BCUT2D eigenvalue weighted by molar-refractivity contribution is 8.18. The summed E-state index contributed by atoms with van der Waals surface area (Å²) in [7, 11) is 0. The van der Waals surface area contributed by atoms with Crippen molar-refractivity contribution in [2.75, 3.05) is 0 Å². The van der Waals surface area contributed by atoms with Gasteiger partial charge in [-0.1, -0.05) is 12.1 Å². The third-order valence-corrected chi connectivity index (χ3v) is 4.43. The quantitative estimate of drug-likeness (QED) is 0.767. The van der Waals surface area contributed by atoms with Crippen molar-refractivity contribution in [1.82, 2.24) is 5.32 Å². The molecule has 0 aliphatic carbocycles. The van der Waals surface area contributed by atoms with Crippen LogP contribution >= 0.6 is 11.8 Å². The molecular weight excluding hydrogens is 371 g/mol. The van der Waals surface area contributed by atoms with E-state index in [-0.39, 0.29) is 11.7 Å². The molecular formula is C19H15FN2O4S. The van der Waals surface area contributed by atoms with Gasteiger partial charge in [-0.05, 0) is 66.7 Å². The van der Waals surface area contributed by atoms with Crippen molar-refractivity contribution in [1.29, 1.82) is 0 Å². The fourth-order valence-corrected chi connectivity index (χ4v) is 3.04. The highest BCUT2D eigenvalue weighted by Crippen LogP contribution is 2.29. The van der Waals surface area contributed by atoms with E-state index in [4.69, 9.17) is 9.84 Å². The fourth-order valence-electron chi connectivity index (χ4n) is 2.20. The standard InChI is InChI=1S/C19H15FN2O4S/c1-11(18(24)25)26-15-4-2-3-12(9-15)10-16-17(23)22-19(27-16)21-14-7-5-13(20)6-8-14/h2-11H,1H3,(H,24,25)(H,21,22,23)/b16-10+. The molecule has 1 atom stereocenters. The van der Waals surface area contributed by atoms with Gasteiger partial charge in [-0.2, -0.15) is 0 Å². The minimum Gasteiger partial charge on any atom is -0.479 e. The van der Waals surface area contributed by atoms with Crippen molar-refractivity contribution in [3.8, 4) is 5.75 Å². The van der Waals surface area contributed by atoms with Crippen LogP contribution < -0.4 is 10.1 Å². The number of hydrogen-bond acceptors (Lipinski definition) is 5. The van der Waals surface area contributed by atoms with Crippen molar-refractivity contribution in [2.24, 2.45) is 4.99 Å². The van der Waals surface area contributed by atoms with Crippen LogP contribution in [0.4, 0.5) is 10.1 Å². The second kappa shape index (κ2) is 8.05. The number of thioether (sulfide) groups is 1. The van der Waals surface area contributed by atoms with Gasteiger partial charge in [0.25, 0.3) is 5.91 Å². The van der Waals surface area contributed by atoms with Gasteiger partial charge < -0.3 is 15.2 Å². The van der Waals surface area contributed by atoms with Gasteiger partial charge in [0.2, 0.25) is 0 Å². The normalized spacial score (nSPS) is 17.8. The molecule has 1 heterocycles. The first-order valence-electron chi connectivity index (χ1n) is 7.95. The largest absolute Gasteiger partial charge is 0.479 e. The molecule has 0 saturated carbocycles. The number of aliphatic carboxylic acids is 1. The molecule has 0 radical (unpaired) electrons. The van der Waals surface area contributed by atoms with Crippen LogP contribution in [0.5, 0.6) is 5.75 Å². The maximum Gasteiger partial charge on any atom is 0.344 e. The Morgan fingerprint density at radius 1 is 1.30 bits per heavy atom. The summed E-state index contributed by atoms with van der Waals surface area (Å²) in [5.74, 6) is -1.33. The Morgan fingerprint density at radius 2 is 2.04 bits per heavy atom. The van der Waals surface area contributed by atoms with Crippen LogP contribution in [-0.4, -0.2) is 28.3 Å². The summed E-state index contributed by atoms with van der Waals surface area (Å²) in [6, 6.07) is 12.4. The first kappa shape index (κ1) is 18.7. The summed E-state index contributed by atoms with van der Waals surface area (Å²) in [6.07, 6.45) is 0.678. The van der Waals surface area contributed by atoms with Gasteiger partial charge in [0.15, 0.2) is 11.3 Å². The van der Waals surface area contributed by atoms with Crippen molar-refractivity contribution in [3.63, 3.8) is 0 Å². The Balaban J connectivity index is 1.76. The van der Waals surface area contributed by atoms with Crippen LogP contribution in [0.25, 0.3) is 6.08 Å². The number of carbonyl (C=O) groups excluding carboxylic acids is 1. The van der Waals surface area contributed by atoms with Crippen LogP contribution in [0.2, 0.25) is 0 Å². The number of benzene rings is 2. The zero-order chi connectivity index (χ0) is 19.4. The molecule has 1 unspecified atom stereocenters. The van der Waals surface area contributed by atoms with Gasteiger partial charge in [-0.25, -0.2) is 14.2 Å². The number of carbonyl (C=O) groups is 2. The molecule has 8 heteroatoms. The zero-order valence-electron chi connectivity index (χ0n) is 14.2. The first-order chi connectivity index (χ1) is 12.9. The molecule has 138 valence electrons. The molecule has 6 nitrogen and oxygen atoms in total. The van der Waals surface area contributed by atoms with Crippen molar-refractivity contribution in [2.45, 2.75) is 13.0 Å². The smallest absolute Gasteiger partial charge is 0.344 e. The lowest BCUT2D eigenvalue weighted by atomic mass is 10.2. The second-order valence-corrected chi connectivity index (χ2v) is 6.66. The Hall–Kier alpha value is -3.13. The third-order valence-electron chi connectivity index (χ3n) is 3.52. The minimum atomic E-state index is -1.06. The summed E-state index contributed by atoms with van der Waals surface area (Å²) in [5.41, 5.74) is 1.21. The number of amides is 1. The molecule has 0 bridgehead atoms. The van der Waals surface area contributed by atoms with Crippen LogP contribution in [0, 0.1) is 5.82 Å². The van der Waals surface area contributed by atoms with Crippen LogP contribution in [0.1, 0.15) is 12.5 Å². The molecule has 1 fully saturated rings. The van der Waals surface area contributed by atoms with Gasteiger partial charge in [-0.15, -0.1) is 0 Å². The Morgan fingerprint density at radius 3 is 2.74 bits per heavy atom. The molecule has 2 aromatic rings. The van der Waals surface area contributed by atoms with Gasteiger partial charge >= 0.3 is 5.97 Å². The van der Waals surface area contributed by atoms with Crippen molar-refractivity contribution in [3.05, 3.63) is 64.8 Å². The number of rotatable bonds is 5. The molecule has 1 amide bonds. The second-order valence-electron chi connectivity index (χ2n) is 5.63. The van der Waals surface area contributed by atoms with Crippen LogP contribution in [0.15, 0.2) is 58.4 Å². The number of hydrogen-bond donors (Lipinski definition) is 2. The zero-order valence-corrected chi connectivity index (χ0v) is 15.0. The number of nitrogens with one attached hydrogen (secondary N) is 1. The average Bonchev–Trinajstić information content (AvgIpc) is 2.96. The maximum atomic E-state index is 12.9. The van der Waals surface area contributed by atoms with E-state index < -0.39 is 12.1 Å². The number of nitrogens with zero attached hydrogens (tertiary/aromatic N) is 1. The van der Waals surface area contributed by atoms with Gasteiger partial charge in [0.05, 0.1) is 10.6 Å². The monoisotopic (exact) mass is 386 g/mol. The molecule has 2 N–H and O–H groups in total. The molecule has 3 rings (SSSR count). The average molecular weight is 386 g/mol. The van der Waals surface area contributed by atoms with E-state index in [1.165, 1.54) is 31.2 Å². The van der Waals surface area contributed by atoms with E-state index in [1.807, 2.05) is 0 Å².